The van der Waals surface area contributed by atoms with Gasteiger partial charge in [0.1, 0.15) is 5.75 Å². The highest BCUT2D eigenvalue weighted by Gasteiger charge is 2.31. The lowest BCUT2D eigenvalue weighted by atomic mass is 10.1. The van der Waals surface area contributed by atoms with Crippen LogP contribution in [0, 0.1) is 6.92 Å². The van der Waals surface area contributed by atoms with E-state index in [9.17, 15) is 9.90 Å². The number of amides is 2. The number of ether oxygens (including phenoxy) is 1. The molecule has 0 fully saturated rings. The molecule has 2 aromatic rings. The molecule has 0 unspecified atom stereocenters. The van der Waals surface area contributed by atoms with E-state index in [4.69, 9.17) is 4.74 Å². The van der Waals surface area contributed by atoms with Crippen molar-refractivity contribution in [2.75, 3.05) is 7.11 Å². The van der Waals surface area contributed by atoms with Gasteiger partial charge in [0.25, 0.3) is 0 Å². The Labute approximate surface area is 141 Å². The minimum absolute atomic E-state index is 0.295. The molecular weight excluding hydrogens is 304 g/mol. The van der Waals surface area contributed by atoms with Crippen molar-refractivity contribution < 1.29 is 14.6 Å². The second kappa shape index (κ2) is 6.93. The van der Waals surface area contributed by atoms with Crippen molar-refractivity contribution in [3.05, 3.63) is 64.7 Å². The van der Waals surface area contributed by atoms with Crippen molar-refractivity contribution in [2.24, 2.45) is 0 Å². The molecule has 0 saturated heterocycles. The van der Waals surface area contributed by atoms with Crippen LogP contribution in [0.25, 0.3) is 0 Å². The first kappa shape index (κ1) is 16.3. The minimum atomic E-state index is -0.591. The van der Waals surface area contributed by atoms with E-state index in [0.29, 0.717) is 13.0 Å². The van der Waals surface area contributed by atoms with Gasteiger partial charge in [0.2, 0.25) is 0 Å². The number of fused-ring (bicyclic) bond motifs is 1. The summed E-state index contributed by atoms with van der Waals surface area (Å²) in [6.45, 7) is 2.38. The fourth-order valence-corrected chi connectivity index (χ4v) is 3.17. The third-order valence-electron chi connectivity index (χ3n) is 4.29. The quantitative estimate of drug-likeness (QED) is 0.808. The number of carbonyl (C=O) groups excluding carboxylic acids is 1. The van der Waals surface area contributed by atoms with Crippen molar-refractivity contribution >= 4 is 6.03 Å². The molecule has 2 amide bonds. The lowest BCUT2D eigenvalue weighted by Gasteiger charge is -2.18. The lowest BCUT2D eigenvalue weighted by Crippen LogP contribution is -2.40. The van der Waals surface area contributed by atoms with Crippen molar-refractivity contribution in [3.8, 4) is 5.75 Å². The molecular formula is C19H22N2O3. The summed E-state index contributed by atoms with van der Waals surface area (Å²) in [4.78, 5) is 12.2. The fraction of sp³-hybridized carbons (Fsp3) is 0.316. The van der Waals surface area contributed by atoms with Crippen molar-refractivity contribution in [2.45, 2.75) is 32.0 Å². The van der Waals surface area contributed by atoms with Crippen molar-refractivity contribution in [3.63, 3.8) is 0 Å². The maximum atomic E-state index is 12.2. The van der Waals surface area contributed by atoms with Crippen molar-refractivity contribution in [1.29, 1.82) is 0 Å². The third-order valence-corrected chi connectivity index (χ3v) is 4.29. The smallest absolute Gasteiger partial charge is 0.315 e. The lowest BCUT2D eigenvalue weighted by molar-refractivity contribution is 0.142. The molecule has 5 heteroatoms. The molecule has 1 aliphatic rings. The van der Waals surface area contributed by atoms with Crippen LogP contribution in [0.2, 0.25) is 0 Å². The van der Waals surface area contributed by atoms with Gasteiger partial charge in [-0.2, -0.15) is 0 Å². The Morgan fingerprint density at radius 3 is 2.88 bits per heavy atom. The number of nitrogens with one attached hydrogen (secondary N) is 2. The van der Waals surface area contributed by atoms with Crippen LogP contribution >= 0.6 is 0 Å². The number of methoxy groups -OCH3 is 1. The summed E-state index contributed by atoms with van der Waals surface area (Å²) in [5.74, 6) is 0.771. The summed E-state index contributed by atoms with van der Waals surface area (Å²) in [6.07, 6.45) is -0.0249. The Kier molecular flexibility index (Phi) is 4.71. The topological polar surface area (TPSA) is 70.6 Å². The summed E-state index contributed by atoms with van der Waals surface area (Å²) in [6, 6.07) is 13.0. The highest BCUT2D eigenvalue weighted by molar-refractivity contribution is 5.74. The minimum Gasteiger partial charge on any atom is -0.497 e. The first-order valence-corrected chi connectivity index (χ1v) is 8.01. The zero-order chi connectivity index (χ0) is 17.1. The van der Waals surface area contributed by atoms with Gasteiger partial charge >= 0.3 is 6.03 Å². The van der Waals surface area contributed by atoms with E-state index in [1.165, 1.54) is 0 Å². The second-order valence-corrected chi connectivity index (χ2v) is 6.13. The Hall–Kier alpha value is -2.53. The first-order valence-electron chi connectivity index (χ1n) is 8.01. The predicted octanol–water partition coefficient (Wildman–Crippen LogP) is 2.46. The molecule has 0 spiro atoms. The van der Waals surface area contributed by atoms with E-state index >= 15 is 0 Å². The summed E-state index contributed by atoms with van der Waals surface area (Å²) >= 11 is 0. The van der Waals surface area contributed by atoms with Crippen LogP contribution < -0.4 is 15.4 Å². The van der Waals surface area contributed by atoms with E-state index in [-0.39, 0.29) is 12.1 Å². The first-order chi connectivity index (χ1) is 11.6. The van der Waals surface area contributed by atoms with Crippen LogP contribution in [0.5, 0.6) is 5.75 Å². The summed E-state index contributed by atoms with van der Waals surface area (Å²) in [7, 11) is 1.62. The average Bonchev–Trinajstić information content (AvgIpc) is 2.88. The number of aliphatic hydroxyl groups is 1. The zero-order valence-electron chi connectivity index (χ0n) is 13.9. The third kappa shape index (κ3) is 3.51. The van der Waals surface area contributed by atoms with Crippen LogP contribution in [0.4, 0.5) is 4.79 Å². The average molecular weight is 326 g/mol. The Morgan fingerprint density at radius 2 is 2.08 bits per heavy atom. The predicted molar refractivity (Wildman–Crippen MR) is 92.0 cm³/mol. The number of urea groups is 1. The van der Waals surface area contributed by atoms with Gasteiger partial charge in [-0.15, -0.1) is 0 Å². The highest BCUT2D eigenvalue weighted by atomic mass is 16.5. The van der Waals surface area contributed by atoms with E-state index in [1.54, 1.807) is 7.11 Å². The molecule has 0 aromatic heterocycles. The van der Waals surface area contributed by atoms with Crippen molar-refractivity contribution in [1.82, 2.24) is 10.6 Å². The number of rotatable bonds is 4. The fourth-order valence-electron chi connectivity index (χ4n) is 3.17. The second-order valence-electron chi connectivity index (χ2n) is 6.13. The molecule has 0 aliphatic heterocycles. The molecule has 0 saturated carbocycles. The number of aliphatic hydroxyl groups excluding tert-OH is 1. The van der Waals surface area contributed by atoms with Gasteiger partial charge in [0.05, 0.1) is 19.3 Å². The van der Waals surface area contributed by atoms with E-state index in [2.05, 4.69) is 10.6 Å². The monoisotopic (exact) mass is 326 g/mol. The molecule has 2 aromatic carbocycles. The Morgan fingerprint density at radius 1 is 1.29 bits per heavy atom. The van der Waals surface area contributed by atoms with Gasteiger partial charge in [-0.3, -0.25) is 0 Å². The van der Waals surface area contributed by atoms with Crippen LogP contribution in [-0.2, 0) is 13.0 Å². The number of aryl methyl sites for hydroxylation is 1. The van der Waals surface area contributed by atoms with Gasteiger partial charge in [0.15, 0.2) is 0 Å². The van der Waals surface area contributed by atoms with E-state index in [1.807, 2.05) is 49.4 Å². The molecule has 0 heterocycles. The van der Waals surface area contributed by atoms with Gasteiger partial charge in [0, 0.05) is 13.0 Å². The SMILES string of the molecule is COc1cc(C)cc(CNC(=O)N[C@H]2c3ccccc3C[C@H]2O)c1. The number of carbonyl (C=O) groups is 1. The van der Waals surface area contributed by atoms with Crippen LogP contribution in [-0.4, -0.2) is 24.4 Å². The number of hydrogen-bond donors (Lipinski definition) is 3. The largest absolute Gasteiger partial charge is 0.497 e. The van der Waals surface area contributed by atoms with Gasteiger partial charge < -0.3 is 20.5 Å². The maximum absolute atomic E-state index is 12.2. The maximum Gasteiger partial charge on any atom is 0.315 e. The number of benzene rings is 2. The molecule has 5 nitrogen and oxygen atoms in total. The molecule has 3 N–H and O–H groups in total. The molecule has 1 aliphatic carbocycles. The van der Waals surface area contributed by atoms with Gasteiger partial charge in [-0.1, -0.05) is 30.3 Å². The summed E-state index contributed by atoms with van der Waals surface area (Å²) < 4.78 is 5.24. The van der Waals surface area contributed by atoms with E-state index < -0.39 is 6.10 Å². The summed E-state index contributed by atoms with van der Waals surface area (Å²) in [5.41, 5.74) is 4.11. The standard InChI is InChI=1S/C19H22N2O3/c1-12-7-13(9-15(8-12)24-2)11-20-19(23)21-18-16-6-4-3-5-14(16)10-17(18)22/h3-9,17-18,22H,10-11H2,1-2H3,(H2,20,21,23)/t17-,18+/m1/s1. The van der Waals surface area contributed by atoms with Gasteiger partial charge in [-0.05, 0) is 41.3 Å². The van der Waals surface area contributed by atoms with Gasteiger partial charge in [-0.25, -0.2) is 4.79 Å². The zero-order valence-corrected chi connectivity index (χ0v) is 13.9. The van der Waals surface area contributed by atoms with Crippen LogP contribution in [0.3, 0.4) is 0 Å². The highest BCUT2D eigenvalue weighted by Crippen LogP contribution is 2.31. The summed E-state index contributed by atoms with van der Waals surface area (Å²) in [5, 5.41) is 15.9. The molecule has 3 rings (SSSR count). The molecule has 0 bridgehead atoms. The van der Waals surface area contributed by atoms with E-state index in [0.717, 1.165) is 28.0 Å². The molecule has 24 heavy (non-hydrogen) atoms. The molecule has 126 valence electrons. The Balaban J connectivity index is 1.61. The Bertz CT molecular complexity index is 745. The molecule has 2 atom stereocenters. The number of hydrogen-bond acceptors (Lipinski definition) is 3. The van der Waals surface area contributed by atoms with Crippen LogP contribution in [0.15, 0.2) is 42.5 Å². The normalized spacial score (nSPS) is 18.8. The van der Waals surface area contributed by atoms with Crippen LogP contribution in [0.1, 0.15) is 28.3 Å². The molecule has 0 radical (unpaired) electrons.